The summed E-state index contributed by atoms with van der Waals surface area (Å²) in [5.74, 6) is 0.804. The Bertz CT molecular complexity index is 1360. The highest BCUT2D eigenvalue weighted by atomic mass is 32.2. The van der Waals surface area contributed by atoms with Gasteiger partial charge in [-0.25, -0.2) is 26.3 Å². The number of nitrogens with zero attached hydrogens (tertiary/aromatic N) is 2. The molecule has 14 nitrogen and oxygen atoms in total. The van der Waals surface area contributed by atoms with Crippen LogP contribution in [0.15, 0.2) is 46.2 Å². The van der Waals surface area contributed by atoms with Gasteiger partial charge in [0.25, 0.3) is 0 Å². The van der Waals surface area contributed by atoms with Gasteiger partial charge in [0.05, 0.1) is 38.2 Å². The summed E-state index contributed by atoms with van der Waals surface area (Å²) in [6, 6.07) is 8.38. The van der Waals surface area contributed by atoms with Crippen molar-refractivity contribution < 1.29 is 45.4 Å². The lowest BCUT2D eigenvalue weighted by atomic mass is 10.2. The Kier molecular flexibility index (Phi) is 11.4. The molecule has 1 fully saturated rings. The van der Waals surface area contributed by atoms with E-state index in [9.17, 15) is 26.4 Å². The molecular formula is C26H36N4O10S2. The first-order valence-electron chi connectivity index (χ1n) is 12.9. The number of hydrogen-bond acceptors (Lipinski definition) is 10. The van der Waals surface area contributed by atoms with Crippen molar-refractivity contribution in [1.82, 2.24) is 19.2 Å². The van der Waals surface area contributed by atoms with Crippen molar-refractivity contribution in [1.29, 1.82) is 0 Å². The summed E-state index contributed by atoms with van der Waals surface area (Å²) in [5.41, 5.74) is 0. The smallest absolute Gasteiger partial charge is 0.240 e. The van der Waals surface area contributed by atoms with Gasteiger partial charge in [0.1, 0.15) is 0 Å². The van der Waals surface area contributed by atoms with E-state index in [1.54, 1.807) is 9.80 Å². The summed E-state index contributed by atoms with van der Waals surface area (Å²) in [6.07, 6.45) is -0.114. The molecule has 2 aromatic rings. The maximum Gasteiger partial charge on any atom is 0.240 e. The van der Waals surface area contributed by atoms with Crippen LogP contribution in [0, 0.1) is 0 Å². The van der Waals surface area contributed by atoms with Crippen molar-refractivity contribution in [3.63, 3.8) is 0 Å². The van der Waals surface area contributed by atoms with Gasteiger partial charge in [-0.2, -0.15) is 0 Å². The quantitative estimate of drug-likeness (QED) is 0.299. The largest absolute Gasteiger partial charge is 0.493 e. The second-order valence-electron chi connectivity index (χ2n) is 9.09. The molecule has 1 aliphatic rings. The molecule has 1 heterocycles. The molecule has 1 saturated heterocycles. The van der Waals surface area contributed by atoms with Crippen molar-refractivity contribution in [3.05, 3.63) is 36.4 Å². The fourth-order valence-corrected chi connectivity index (χ4v) is 6.33. The van der Waals surface area contributed by atoms with Gasteiger partial charge in [-0.05, 0) is 24.3 Å². The van der Waals surface area contributed by atoms with E-state index in [2.05, 4.69) is 9.44 Å². The van der Waals surface area contributed by atoms with E-state index in [1.807, 2.05) is 0 Å². The van der Waals surface area contributed by atoms with Gasteiger partial charge in [0.15, 0.2) is 23.0 Å². The molecule has 0 atom stereocenters. The number of piperazine rings is 1. The van der Waals surface area contributed by atoms with E-state index >= 15 is 0 Å². The van der Waals surface area contributed by atoms with E-state index in [1.165, 1.54) is 64.8 Å². The predicted octanol–water partition coefficient (Wildman–Crippen LogP) is 0.429. The Morgan fingerprint density at radius 3 is 1.26 bits per heavy atom. The van der Waals surface area contributed by atoms with Gasteiger partial charge in [-0.3, -0.25) is 9.59 Å². The van der Waals surface area contributed by atoms with Crippen LogP contribution in [0.25, 0.3) is 0 Å². The molecule has 0 unspecified atom stereocenters. The number of carbonyl (C=O) groups excluding carboxylic acids is 2. The molecule has 1 aliphatic heterocycles. The molecule has 2 aromatic carbocycles. The lowest BCUT2D eigenvalue weighted by Crippen LogP contribution is -2.51. The van der Waals surface area contributed by atoms with Crippen LogP contribution in [0.5, 0.6) is 23.0 Å². The fraction of sp³-hybridized carbons (Fsp3) is 0.462. The van der Waals surface area contributed by atoms with Crippen LogP contribution in [0.3, 0.4) is 0 Å². The highest BCUT2D eigenvalue weighted by molar-refractivity contribution is 7.89. The van der Waals surface area contributed by atoms with Gasteiger partial charge in [0, 0.05) is 64.2 Å². The molecule has 0 radical (unpaired) electrons. The molecule has 0 saturated carbocycles. The minimum absolute atomic E-state index is 0.0225. The number of methoxy groups -OCH3 is 4. The summed E-state index contributed by atoms with van der Waals surface area (Å²) >= 11 is 0. The number of carbonyl (C=O) groups is 2. The summed E-state index contributed by atoms with van der Waals surface area (Å²) in [7, 11) is -2.07. The van der Waals surface area contributed by atoms with Crippen LogP contribution in [-0.4, -0.2) is 106 Å². The average molecular weight is 629 g/mol. The van der Waals surface area contributed by atoms with Crippen molar-refractivity contribution in [2.75, 3.05) is 67.7 Å². The van der Waals surface area contributed by atoms with Crippen LogP contribution >= 0.6 is 0 Å². The molecule has 42 heavy (non-hydrogen) atoms. The molecule has 232 valence electrons. The molecule has 3 rings (SSSR count). The van der Waals surface area contributed by atoms with Gasteiger partial charge in [-0.1, -0.05) is 0 Å². The number of ether oxygens (including phenoxy) is 4. The minimum Gasteiger partial charge on any atom is -0.493 e. The summed E-state index contributed by atoms with van der Waals surface area (Å²) in [5, 5.41) is 0. The lowest BCUT2D eigenvalue weighted by molar-refractivity contribution is -0.139. The molecule has 0 aromatic heterocycles. The number of sulfonamides is 2. The van der Waals surface area contributed by atoms with Crippen molar-refractivity contribution >= 4 is 31.9 Å². The predicted molar refractivity (Wildman–Crippen MR) is 152 cm³/mol. The highest BCUT2D eigenvalue weighted by Gasteiger charge is 2.25. The van der Waals surface area contributed by atoms with Crippen molar-refractivity contribution in [3.8, 4) is 23.0 Å². The third kappa shape index (κ3) is 8.24. The van der Waals surface area contributed by atoms with Crippen molar-refractivity contribution in [2.24, 2.45) is 0 Å². The third-order valence-electron chi connectivity index (χ3n) is 6.58. The van der Waals surface area contributed by atoms with E-state index < -0.39 is 20.0 Å². The standard InChI is InChI=1S/C26H36N4O10S2/c1-37-21-7-5-19(17-23(21)39-3)41(33,34)27-11-9-25(31)29-13-15-30(16-14-29)26(32)10-12-28-42(35,36)20-6-8-22(38-2)24(18-20)40-4/h5-8,17-18,27-28H,9-16H2,1-4H3. The third-order valence-corrected chi connectivity index (χ3v) is 9.49. The zero-order chi connectivity index (χ0) is 30.9. The topological polar surface area (TPSA) is 170 Å². The van der Waals surface area contributed by atoms with E-state index in [0.29, 0.717) is 11.5 Å². The fourth-order valence-electron chi connectivity index (χ4n) is 4.24. The molecule has 0 bridgehead atoms. The first-order chi connectivity index (χ1) is 19.9. The van der Waals surface area contributed by atoms with Gasteiger partial charge < -0.3 is 28.7 Å². The highest BCUT2D eigenvalue weighted by Crippen LogP contribution is 2.30. The Hall–Kier alpha value is -3.60. The Labute approximate surface area is 246 Å². The van der Waals surface area contributed by atoms with E-state index in [-0.39, 0.29) is 85.2 Å². The molecule has 0 aliphatic carbocycles. The normalized spacial score (nSPS) is 13.9. The Morgan fingerprint density at radius 2 is 0.952 bits per heavy atom. The number of rotatable bonds is 14. The van der Waals surface area contributed by atoms with E-state index in [4.69, 9.17) is 18.9 Å². The average Bonchev–Trinajstić information content (AvgIpc) is 2.99. The number of nitrogens with one attached hydrogen (secondary N) is 2. The summed E-state index contributed by atoms with van der Waals surface area (Å²) in [6.45, 7) is 0.924. The van der Waals surface area contributed by atoms with Gasteiger partial charge in [0.2, 0.25) is 31.9 Å². The SMILES string of the molecule is COc1ccc(S(=O)(=O)NCCC(=O)N2CCN(C(=O)CCNS(=O)(=O)c3ccc(OC)c(OC)c3)CC2)cc1OC. The van der Waals surface area contributed by atoms with Crippen molar-refractivity contribution in [2.45, 2.75) is 22.6 Å². The molecule has 2 amide bonds. The van der Waals surface area contributed by atoms with Gasteiger partial charge >= 0.3 is 0 Å². The van der Waals surface area contributed by atoms with Crippen LogP contribution < -0.4 is 28.4 Å². The van der Waals surface area contributed by atoms with Gasteiger partial charge in [-0.15, -0.1) is 0 Å². The molecular weight excluding hydrogens is 592 g/mol. The number of amides is 2. The Morgan fingerprint density at radius 1 is 0.619 bits per heavy atom. The summed E-state index contributed by atoms with van der Waals surface area (Å²) < 4.78 is 75.9. The van der Waals surface area contributed by atoms with Crippen LogP contribution in [-0.2, 0) is 29.6 Å². The maximum absolute atomic E-state index is 12.6. The van der Waals surface area contributed by atoms with Crippen LogP contribution in [0.1, 0.15) is 12.8 Å². The minimum atomic E-state index is -3.88. The van der Waals surface area contributed by atoms with Crippen LogP contribution in [0.4, 0.5) is 0 Å². The lowest BCUT2D eigenvalue weighted by Gasteiger charge is -2.35. The Balaban J connectivity index is 1.42. The molecule has 0 spiro atoms. The second-order valence-corrected chi connectivity index (χ2v) is 12.6. The van der Waals surface area contributed by atoms with Crippen LogP contribution in [0.2, 0.25) is 0 Å². The number of benzene rings is 2. The number of hydrogen-bond donors (Lipinski definition) is 2. The molecule has 16 heteroatoms. The zero-order valence-electron chi connectivity index (χ0n) is 23.9. The first-order valence-corrected chi connectivity index (χ1v) is 15.9. The van der Waals surface area contributed by atoms with E-state index in [0.717, 1.165) is 0 Å². The maximum atomic E-state index is 12.6. The monoisotopic (exact) mass is 628 g/mol. The molecule has 2 N–H and O–H groups in total. The second kappa shape index (κ2) is 14.5. The zero-order valence-corrected chi connectivity index (χ0v) is 25.5. The summed E-state index contributed by atoms with van der Waals surface area (Å²) in [4.78, 5) is 28.4. The first kappa shape index (κ1) is 32.9.